The van der Waals surface area contributed by atoms with Gasteiger partial charge in [-0.15, -0.1) is 0 Å². The predicted molar refractivity (Wildman–Crippen MR) is 66.0 cm³/mol. The molecule has 0 saturated heterocycles. The topological polar surface area (TPSA) is 79.7 Å². The van der Waals surface area contributed by atoms with Gasteiger partial charge in [0.25, 0.3) is 0 Å². The van der Waals surface area contributed by atoms with E-state index >= 15 is 0 Å². The van der Waals surface area contributed by atoms with Crippen molar-refractivity contribution in [2.75, 3.05) is 27.1 Å². The van der Waals surface area contributed by atoms with Gasteiger partial charge in [-0.1, -0.05) is 5.16 Å². The second-order valence-corrected chi connectivity index (χ2v) is 3.52. The Morgan fingerprint density at radius 2 is 1.67 bits per heavy atom. The summed E-state index contributed by atoms with van der Waals surface area (Å²) >= 11 is 0. The molecule has 0 aliphatic carbocycles. The number of benzene rings is 1. The number of hydrogen-bond acceptors (Lipinski definition) is 6. The fraction of sp³-hybridized carbons (Fsp3) is 0.250. The van der Waals surface area contributed by atoms with Gasteiger partial charge >= 0.3 is 0 Å². The van der Waals surface area contributed by atoms with Crippen LogP contribution in [0.25, 0.3) is 11.1 Å². The first-order valence-corrected chi connectivity index (χ1v) is 5.21. The van der Waals surface area contributed by atoms with Crippen molar-refractivity contribution in [3.8, 4) is 28.4 Å². The van der Waals surface area contributed by atoms with E-state index in [4.69, 9.17) is 24.5 Å². The SMILES string of the molecule is COc1cc(-c2cnoc2N)cc(OC)c1OC. The van der Waals surface area contributed by atoms with E-state index < -0.39 is 0 Å². The predicted octanol–water partition coefficient (Wildman–Crippen LogP) is 1.95. The van der Waals surface area contributed by atoms with E-state index in [1.54, 1.807) is 33.5 Å². The Labute approximate surface area is 104 Å². The maximum Gasteiger partial charge on any atom is 0.229 e. The second kappa shape index (κ2) is 4.87. The molecule has 6 nitrogen and oxygen atoms in total. The van der Waals surface area contributed by atoms with E-state index in [2.05, 4.69) is 5.16 Å². The summed E-state index contributed by atoms with van der Waals surface area (Å²) in [4.78, 5) is 0. The van der Waals surface area contributed by atoms with E-state index in [-0.39, 0.29) is 5.88 Å². The number of hydrogen-bond donors (Lipinski definition) is 1. The fourth-order valence-corrected chi connectivity index (χ4v) is 1.70. The minimum Gasteiger partial charge on any atom is -0.493 e. The van der Waals surface area contributed by atoms with Crippen molar-refractivity contribution in [2.24, 2.45) is 0 Å². The quantitative estimate of drug-likeness (QED) is 0.893. The van der Waals surface area contributed by atoms with E-state index in [9.17, 15) is 0 Å². The summed E-state index contributed by atoms with van der Waals surface area (Å²) in [6.07, 6.45) is 1.54. The Bertz CT molecular complexity index is 526. The molecule has 0 aliphatic heterocycles. The van der Waals surface area contributed by atoms with Crippen LogP contribution in [0.3, 0.4) is 0 Å². The Kier molecular flexibility index (Phi) is 3.27. The van der Waals surface area contributed by atoms with Crippen LogP contribution >= 0.6 is 0 Å². The molecular weight excluding hydrogens is 236 g/mol. The highest BCUT2D eigenvalue weighted by Crippen LogP contribution is 2.42. The van der Waals surface area contributed by atoms with Crippen molar-refractivity contribution in [1.82, 2.24) is 5.16 Å². The number of methoxy groups -OCH3 is 3. The number of nitrogen functional groups attached to an aromatic ring is 1. The van der Waals surface area contributed by atoms with Gasteiger partial charge < -0.3 is 24.5 Å². The van der Waals surface area contributed by atoms with Crippen molar-refractivity contribution in [1.29, 1.82) is 0 Å². The Morgan fingerprint density at radius 3 is 2.06 bits per heavy atom. The molecule has 1 aromatic carbocycles. The number of aromatic nitrogens is 1. The van der Waals surface area contributed by atoms with Crippen LogP contribution in [0.2, 0.25) is 0 Å². The zero-order valence-corrected chi connectivity index (χ0v) is 10.4. The van der Waals surface area contributed by atoms with Crippen LogP contribution in [0, 0.1) is 0 Å². The lowest BCUT2D eigenvalue weighted by molar-refractivity contribution is 0.324. The summed E-state index contributed by atoms with van der Waals surface area (Å²) in [6, 6.07) is 3.56. The minimum atomic E-state index is 0.240. The summed E-state index contributed by atoms with van der Waals surface area (Å²) in [5, 5.41) is 3.64. The fourth-order valence-electron chi connectivity index (χ4n) is 1.70. The molecule has 0 amide bonds. The number of anilines is 1. The molecule has 0 atom stereocenters. The zero-order chi connectivity index (χ0) is 13.1. The first-order valence-electron chi connectivity index (χ1n) is 5.21. The molecule has 0 radical (unpaired) electrons. The normalized spacial score (nSPS) is 10.2. The molecule has 0 fully saturated rings. The molecule has 6 heteroatoms. The number of rotatable bonds is 4. The maximum absolute atomic E-state index is 5.68. The number of ether oxygens (including phenoxy) is 3. The molecule has 2 N–H and O–H groups in total. The van der Waals surface area contributed by atoms with Crippen molar-refractivity contribution < 1.29 is 18.7 Å². The summed E-state index contributed by atoms with van der Waals surface area (Å²) in [5.41, 5.74) is 7.14. The van der Waals surface area contributed by atoms with Gasteiger partial charge in [0.2, 0.25) is 11.6 Å². The molecule has 0 bridgehead atoms. The van der Waals surface area contributed by atoms with Gasteiger partial charge in [0.05, 0.1) is 33.1 Å². The molecule has 0 spiro atoms. The summed E-state index contributed by atoms with van der Waals surface area (Å²) in [5.74, 6) is 1.86. The van der Waals surface area contributed by atoms with Crippen LogP contribution < -0.4 is 19.9 Å². The third kappa shape index (κ3) is 1.92. The summed E-state index contributed by atoms with van der Waals surface area (Å²) in [7, 11) is 4.66. The Balaban J connectivity index is 2.60. The molecule has 1 aromatic heterocycles. The maximum atomic E-state index is 5.68. The molecule has 0 unspecified atom stereocenters. The van der Waals surface area contributed by atoms with Gasteiger partial charge in [0, 0.05) is 0 Å². The molecule has 18 heavy (non-hydrogen) atoms. The molecule has 2 aromatic rings. The molecule has 2 rings (SSSR count). The highest BCUT2D eigenvalue weighted by Gasteiger charge is 2.16. The van der Waals surface area contributed by atoms with E-state index in [0.29, 0.717) is 22.8 Å². The lowest BCUT2D eigenvalue weighted by atomic mass is 10.1. The molecule has 1 heterocycles. The smallest absolute Gasteiger partial charge is 0.229 e. The van der Waals surface area contributed by atoms with Crippen LogP contribution in [0.4, 0.5) is 5.88 Å². The molecule has 0 saturated carbocycles. The van der Waals surface area contributed by atoms with Crippen molar-refractivity contribution in [3.05, 3.63) is 18.3 Å². The second-order valence-electron chi connectivity index (χ2n) is 3.52. The lowest BCUT2D eigenvalue weighted by Gasteiger charge is -2.13. The third-order valence-corrected chi connectivity index (χ3v) is 2.57. The number of nitrogens with two attached hydrogens (primary N) is 1. The van der Waals surface area contributed by atoms with Crippen molar-refractivity contribution in [3.63, 3.8) is 0 Å². The van der Waals surface area contributed by atoms with E-state index in [1.165, 1.54) is 6.20 Å². The van der Waals surface area contributed by atoms with Gasteiger partial charge in [-0.25, -0.2) is 0 Å². The third-order valence-electron chi connectivity index (χ3n) is 2.57. The Hall–Kier alpha value is -2.37. The van der Waals surface area contributed by atoms with Crippen LogP contribution in [0.1, 0.15) is 0 Å². The zero-order valence-electron chi connectivity index (χ0n) is 10.4. The minimum absolute atomic E-state index is 0.240. The largest absolute Gasteiger partial charge is 0.493 e. The van der Waals surface area contributed by atoms with Crippen LogP contribution in [0.5, 0.6) is 17.2 Å². The van der Waals surface area contributed by atoms with Crippen molar-refractivity contribution >= 4 is 5.88 Å². The van der Waals surface area contributed by atoms with E-state index in [0.717, 1.165) is 5.56 Å². The van der Waals surface area contributed by atoms with Gasteiger partial charge in [-0.05, 0) is 17.7 Å². The highest BCUT2D eigenvalue weighted by atomic mass is 16.5. The number of nitrogens with zero attached hydrogens (tertiary/aromatic N) is 1. The molecule has 0 aliphatic rings. The molecular formula is C12H14N2O4. The summed E-state index contributed by atoms with van der Waals surface area (Å²) in [6.45, 7) is 0. The average Bonchev–Trinajstić information content (AvgIpc) is 2.83. The van der Waals surface area contributed by atoms with Gasteiger partial charge in [0.15, 0.2) is 11.5 Å². The highest BCUT2D eigenvalue weighted by molar-refractivity contribution is 5.76. The van der Waals surface area contributed by atoms with Crippen LogP contribution in [-0.4, -0.2) is 26.5 Å². The first kappa shape index (κ1) is 12.1. The first-order chi connectivity index (χ1) is 8.71. The lowest BCUT2D eigenvalue weighted by Crippen LogP contribution is -1.96. The standard InChI is InChI=1S/C12H14N2O4/c1-15-9-4-7(8-6-14-18-12(8)13)5-10(16-2)11(9)17-3/h4-6H,13H2,1-3H3. The van der Waals surface area contributed by atoms with Crippen molar-refractivity contribution in [2.45, 2.75) is 0 Å². The van der Waals surface area contributed by atoms with Crippen LogP contribution in [0.15, 0.2) is 22.9 Å². The average molecular weight is 250 g/mol. The summed E-state index contributed by atoms with van der Waals surface area (Å²) < 4.78 is 20.6. The van der Waals surface area contributed by atoms with Gasteiger partial charge in [0.1, 0.15) is 0 Å². The molecule has 96 valence electrons. The van der Waals surface area contributed by atoms with Crippen LogP contribution in [-0.2, 0) is 0 Å². The van der Waals surface area contributed by atoms with Gasteiger partial charge in [-0.3, -0.25) is 0 Å². The van der Waals surface area contributed by atoms with E-state index in [1.807, 2.05) is 0 Å². The van der Waals surface area contributed by atoms with Gasteiger partial charge in [-0.2, -0.15) is 0 Å². The Morgan fingerprint density at radius 1 is 1.06 bits per heavy atom. The monoisotopic (exact) mass is 250 g/mol.